The van der Waals surface area contributed by atoms with Crippen molar-refractivity contribution in [1.82, 2.24) is 20.2 Å². The Morgan fingerprint density at radius 1 is 1.42 bits per heavy atom. The molecule has 5 heteroatoms. The van der Waals surface area contributed by atoms with Gasteiger partial charge < -0.3 is 0 Å². The van der Waals surface area contributed by atoms with Gasteiger partial charge in [0.1, 0.15) is 12.2 Å². The molecule has 3 rings (SSSR count). The Morgan fingerprint density at radius 3 is 2.79 bits per heavy atom. The van der Waals surface area contributed by atoms with E-state index in [0.717, 1.165) is 43.0 Å². The smallest absolute Gasteiger partial charge is 0.138 e. The van der Waals surface area contributed by atoms with Crippen molar-refractivity contribution < 1.29 is 0 Å². The van der Waals surface area contributed by atoms with Gasteiger partial charge in [-0.25, -0.2) is 4.98 Å². The molecule has 19 heavy (non-hydrogen) atoms. The van der Waals surface area contributed by atoms with Gasteiger partial charge in [0, 0.05) is 19.0 Å². The summed E-state index contributed by atoms with van der Waals surface area (Å²) in [6.45, 7) is 3.11. The molecular formula is C14H25N5. The molecule has 2 saturated carbocycles. The molecule has 3 unspecified atom stereocenters. The molecule has 1 heterocycles. The van der Waals surface area contributed by atoms with Crippen LogP contribution in [0.4, 0.5) is 0 Å². The highest BCUT2D eigenvalue weighted by molar-refractivity contribution is 5.06. The molecule has 0 amide bonds. The summed E-state index contributed by atoms with van der Waals surface area (Å²) in [7, 11) is 0. The zero-order valence-electron chi connectivity index (χ0n) is 11.8. The standard InChI is InChI=1S/C14H25N5/c1-2-7-19-13(16-9-17-19)8-12(18-15)14-10-5-3-4-6-11(10)14/h9-12,14,18H,2-8,15H2,1H3. The maximum absolute atomic E-state index is 5.80. The first-order valence-corrected chi connectivity index (χ1v) is 7.68. The second kappa shape index (κ2) is 5.59. The van der Waals surface area contributed by atoms with E-state index in [-0.39, 0.29) is 0 Å². The highest BCUT2D eigenvalue weighted by atomic mass is 15.3. The van der Waals surface area contributed by atoms with Crippen molar-refractivity contribution in [2.75, 3.05) is 0 Å². The van der Waals surface area contributed by atoms with Crippen molar-refractivity contribution in [1.29, 1.82) is 0 Å². The van der Waals surface area contributed by atoms with Crippen LogP contribution < -0.4 is 11.3 Å². The molecule has 2 aliphatic carbocycles. The molecule has 2 fully saturated rings. The fraction of sp³-hybridized carbons (Fsp3) is 0.857. The quantitative estimate of drug-likeness (QED) is 0.603. The maximum atomic E-state index is 5.80. The molecule has 1 aromatic heterocycles. The number of nitrogens with one attached hydrogen (secondary N) is 1. The Hall–Kier alpha value is -0.940. The minimum Gasteiger partial charge on any atom is -0.271 e. The average Bonchev–Trinajstić information content (AvgIpc) is 3.00. The minimum absolute atomic E-state index is 0.368. The lowest BCUT2D eigenvalue weighted by molar-refractivity contribution is 0.417. The zero-order valence-corrected chi connectivity index (χ0v) is 11.8. The Bertz CT molecular complexity index is 404. The monoisotopic (exact) mass is 263 g/mol. The fourth-order valence-electron chi connectivity index (χ4n) is 3.99. The second-order valence-electron chi connectivity index (χ2n) is 6.07. The Balaban J connectivity index is 1.65. The number of nitrogens with two attached hydrogens (primary N) is 1. The van der Waals surface area contributed by atoms with Gasteiger partial charge in [0.15, 0.2) is 0 Å². The third-order valence-electron chi connectivity index (χ3n) is 4.94. The lowest BCUT2D eigenvalue weighted by Crippen LogP contribution is -2.40. The number of nitrogens with zero attached hydrogens (tertiary/aromatic N) is 3. The van der Waals surface area contributed by atoms with Crippen LogP contribution in [0.25, 0.3) is 0 Å². The number of hydrogen-bond donors (Lipinski definition) is 2. The lowest BCUT2D eigenvalue weighted by Gasteiger charge is -2.16. The maximum Gasteiger partial charge on any atom is 0.138 e. The largest absolute Gasteiger partial charge is 0.271 e. The van der Waals surface area contributed by atoms with E-state index in [1.807, 2.05) is 4.68 Å². The molecule has 0 aromatic carbocycles. The number of aromatic nitrogens is 3. The Labute approximate surface area is 114 Å². The van der Waals surface area contributed by atoms with Gasteiger partial charge in [0.2, 0.25) is 0 Å². The van der Waals surface area contributed by atoms with Gasteiger partial charge >= 0.3 is 0 Å². The first kappa shape index (κ1) is 13.1. The predicted molar refractivity (Wildman–Crippen MR) is 74.1 cm³/mol. The van der Waals surface area contributed by atoms with E-state index in [0.29, 0.717) is 6.04 Å². The summed E-state index contributed by atoms with van der Waals surface area (Å²) in [4.78, 5) is 4.41. The molecule has 0 spiro atoms. The third kappa shape index (κ3) is 2.54. The Kier molecular flexibility index (Phi) is 3.84. The minimum atomic E-state index is 0.368. The first-order chi connectivity index (χ1) is 9.35. The molecular weight excluding hydrogens is 238 g/mol. The van der Waals surface area contributed by atoms with Gasteiger partial charge in [-0.3, -0.25) is 16.0 Å². The zero-order chi connectivity index (χ0) is 13.2. The van der Waals surface area contributed by atoms with Crippen molar-refractivity contribution in [3.8, 4) is 0 Å². The normalized spacial score (nSPS) is 30.9. The Morgan fingerprint density at radius 2 is 2.16 bits per heavy atom. The number of hydrazine groups is 1. The van der Waals surface area contributed by atoms with E-state index >= 15 is 0 Å². The molecule has 0 bridgehead atoms. The van der Waals surface area contributed by atoms with E-state index in [1.54, 1.807) is 6.33 Å². The molecule has 2 aliphatic rings. The van der Waals surface area contributed by atoms with Crippen molar-refractivity contribution in [2.24, 2.45) is 23.6 Å². The third-order valence-corrected chi connectivity index (χ3v) is 4.94. The number of hydrogen-bond acceptors (Lipinski definition) is 4. The van der Waals surface area contributed by atoms with Crippen LogP contribution in [0, 0.1) is 17.8 Å². The molecule has 5 nitrogen and oxygen atoms in total. The highest BCUT2D eigenvalue weighted by Crippen LogP contribution is 2.57. The first-order valence-electron chi connectivity index (χ1n) is 7.68. The van der Waals surface area contributed by atoms with E-state index in [9.17, 15) is 0 Å². The van der Waals surface area contributed by atoms with Gasteiger partial charge in [0.05, 0.1) is 0 Å². The molecule has 3 N–H and O–H groups in total. The van der Waals surface area contributed by atoms with Gasteiger partial charge in [-0.15, -0.1) is 0 Å². The van der Waals surface area contributed by atoms with Gasteiger partial charge in [0.25, 0.3) is 0 Å². The summed E-state index contributed by atoms with van der Waals surface area (Å²) in [5.74, 6) is 9.47. The predicted octanol–water partition coefficient (Wildman–Crippen LogP) is 1.50. The van der Waals surface area contributed by atoms with Crippen LogP contribution in [-0.2, 0) is 13.0 Å². The number of aryl methyl sites for hydroxylation is 1. The number of rotatable bonds is 6. The van der Waals surface area contributed by atoms with Gasteiger partial charge in [-0.2, -0.15) is 5.10 Å². The summed E-state index contributed by atoms with van der Waals surface area (Å²) in [5, 5.41) is 4.30. The van der Waals surface area contributed by atoms with Crippen molar-refractivity contribution in [2.45, 2.75) is 58.0 Å². The van der Waals surface area contributed by atoms with Crippen LogP contribution in [0.5, 0.6) is 0 Å². The van der Waals surface area contributed by atoms with E-state index in [2.05, 4.69) is 22.4 Å². The van der Waals surface area contributed by atoms with Crippen LogP contribution in [0.15, 0.2) is 6.33 Å². The number of fused-ring (bicyclic) bond motifs is 1. The van der Waals surface area contributed by atoms with Crippen LogP contribution in [-0.4, -0.2) is 20.8 Å². The highest BCUT2D eigenvalue weighted by Gasteiger charge is 2.53. The van der Waals surface area contributed by atoms with Crippen LogP contribution in [0.3, 0.4) is 0 Å². The fourth-order valence-corrected chi connectivity index (χ4v) is 3.99. The van der Waals surface area contributed by atoms with Crippen LogP contribution in [0.1, 0.15) is 44.9 Å². The summed E-state index contributed by atoms with van der Waals surface area (Å²) >= 11 is 0. The van der Waals surface area contributed by atoms with E-state index in [1.165, 1.54) is 25.7 Å². The van der Waals surface area contributed by atoms with Crippen molar-refractivity contribution in [3.63, 3.8) is 0 Å². The summed E-state index contributed by atoms with van der Waals surface area (Å²) in [5.41, 5.74) is 3.05. The van der Waals surface area contributed by atoms with Crippen LogP contribution in [0.2, 0.25) is 0 Å². The van der Waals surface area contributed by atoms with Crippen molar-refractivity contribution in [3.05, 3.63) is 12.2 Å². The average molecular weight is 263 g/mol. The lowest BCUT2D eigenvalue weighted by atomic mass is 10.0. The SMILES string of the molecule is CCCn1ncnc1CC(NN)C1C2CCCCC21. The summed E-state index contributed by atoms with van der Waals surface area (Å²) < 4.78 is 2.02. The van der Waals surface area contributed by atoms with Gasteiger partial charge in [-0.05, 0) is 37.0 Å². The molecule has 1 aromatic rings. The van der Waals surface area contributed by atoms with E-state index < -0.39 is 0 Å². The second-order valence-corrected chi connectivity index (χ2v) is 6.07. The molecule has 0 radical (unpaired) electrons. The summed E-state index contributed by atoms with van der Waals surface area (Å²) in [6, 6.07) is 0.368. The van der Waals surface area contributed by atoms with Crippen molar-refractivity contribution >= 4 is 0 Å². The topological polar surface area (TPSA) is 68.8 Å². The molecule has 3 atom stereocenters. The summed E-state index contributed by atoms with van der Waals surface area (Å²) in [6.07, 6.45) is 9.27. The molecule has 0 aliphatic heterocycles. The molecule has 106 valence electrons. The van der Waals surface area contributed by atoms with Gasteiger partial charge in [-0.1, -0.05) is 19.8 Å². The van der Waals surface area contributed by atoms with E-state index in [4.69, 9.17) is 5.84 Å². The van der Waals surface area contributed by atoms with Crippen LogP contribution >= 0.6 is 0 Å². The molecule has 0 saturated heterocycles.